The third-order valence-electron chi connectivity index (χ3n) is 1.55. The first kappa shape index (κ1) is 12.1. The van der Waals surface area contributed by atoms with Crippen LogP contribution in [0, 0.1) is 6.92 Å². The summed E-state index contributed by atoms with van der Waals surface area (Å²) in [5, 5.41) is 0. The molecule has 0 bridgehead atoms. The zero-order valence-electron chi connectivity index (χ0n) is 8.82. The molecular weight excluding hydrogens is 308 g/mol. The van der Waals surface area contributed by atoms with Crippen molar-refractivity contribution >= 4 is 31.9 Å². The van der Waals surface area contributed by atoms with Crippen molar-refractivity contribution in [3.8, 4) is 5.75 Å². The fraction of sp³-hybridized carbons (Fsp3) is 0.455. The minimum Gasteiger partial charge on any atom is -0.486 e. The number of benzene rings is 1. The Morgan fingerprint density at radius 2 is 1.50 bits per heavy atom. The van der Waals surface area contributed by atoms with Crippen molar-refractivity contribution in [2.24, 2.45) is 0 Å². The predicted molar refractivity (Wildman–Crippen MR) is 67.0 cm³/mol. The van der Waals surface area contributed by atoms with E-state index in [1.807, 2.05) is 32.9 Å². The lowest BCUT2D eigenvalue weighted by atomic mass is 10.2. The van der Waals surface area contributed by atoms with Crippen molar-refractivity contribution in [1.82, 2.24) is 0 Å². The summed E-state index contributed by atoms with van der Waals surface area (Å²) in [7, 11) is 0. The van der Waals surface area contributed by atoms with Crippen LogP contribution in [0.4, 0.5) is 0 Å². The molecule has 0 amide bonds. The van der Waals surface area contributed by atoms with Crippen LogP contribution in [0.5, 0.6) is 5.75 Å². The quantitative estimate of drug-likeness (QED) is 0.728. The van der Waals surface area contributed by atoms with Gasteiger partial charge in [0.25, 0.3) is 0 Å². The van der Waals surface area contributed by atoms with Gasteiger partial charge < -0.3 is 4.74 Å². The van der Waals surface area contributed by atoms with Crippen molar-refractivity contribution in [3.05, 3.63) is 26.6 Å². The summed E-state index contributed by atoms with van der Waals surface area (Å²) in [6.07, 6.45) is 0. The van der Waals surface area contributed by atoms with Crippen molar-refractivity contribution in [1.29, 1.82) is 0 Å². The summed E-state index contributed by atoms with van der Waals surface area (Å²) >= 11 is 6.99. The molecule has 0 aliphatic carbocycles. The Balaban J connectivity index is 3.09. The van der Waals surface area contributed by atoms with Crippen LogP contribution in [0.25, 0.3) is 0 Å². The lowest BCUT2D eigenvalue weighted by Gasteiger charge is -2.23. The van der Waals surface area contributed by atoms with E-state index in [0.717, 1.165) is 14.7 Å². The lowest BCUT2D eigenvalue weighted by Crippen LogP contribution is -2.23. The van der Waals surface area contributed by atoms with E-state index >= 15 is 0 Å². The highest BCUT2D eigenvalue weighted by Gasteiger charge is 2.16. The number of halogens is 2. The maximum atomic E-state index is 5.82. The molecule has 0 saturated heterocycles. The number of hydrogen-bond donors (Lipinski definition) is 0. The van der Waals surface area contributed by atoms with Gasteiger partial charge in [-0.25, -0.2) is 0 Å². The van der Waals surface area contributed by atoms with Crippen LogP contribution in [-0.2, 0) is 0 Å². The Labute approximate surface area is 102 Å². The van der Waals surface area contributed by atoms with Crippen LogP contribution in [-0.4, -0.2) is 5.60 Å². The van der Waals surface area contributed by atoms with Gasteiger partial charge >= 0.3 is 0 Å². The van der Waals surface area contributed by atoms with Crippen LogP contribution >= 0.6 is 31.9 Å². The SMILES string of the molecule is Cc1cc(Br)c(OC(C)(C)C)c(Br)c1. The van der Waals surface area contributed by atoms with Gasteiger partial charge in [-0.3, -0.25) is 0 Å². The van der Waals surface area contributed by atoms with Crippen LogP contribution < -0.4 is 4.74 Å². The van der Waals surface area contributed by atoms with Crippen LogP contribution in [0.1, 0.15) is 26.3 Å². The Morgan fingerprint density at radius 3 is 1.86 bits per heavy atom. The smallest absolute Gasteiger partial charge is 0.148 e. The van der Waals surface area contributed by atoms with Gasteiger partial charge in [0.05, 0.1) is 8.95 Å². The second kappa shape index (κ2) is 4.23. The Morgan fingerprint density at radius 1 is 1.07 bits per heavy atom. The van der Waals surface area contributed by atoms with Crippen molar-refractivity contribution < 1.29 is 4.74 Å². The molecule has 0 aliphatic heterocycles. The fourth-order valence-corrected chi connectivity index (χ4v) is 2.67. The standard InChI is InChI=1S/C11H14Br2O/c1-7-5-8(12)10(9(13)6-7)14-11(2,3)4/h5-6H,1-4H3. The number of ether oxygens (including phenoxy) is 1. The summed E-state index contributed by atoms with van der Waals surface area (Å²) in [6.45, 7) is 8.15. The van der Waals surface area contributed by atoms with Crippen LogP contribution in [0.3, 0.4) is 0 Å². The third kappa shape index (κ3) is 3.28. The number of aryl methyl sites for hydroxylation is 1. The first-order chi connectivity index (χ1) is 6.29. The second-order valence-electron chi connectivity index (χ2n) is 4.27. The predicted octanol–water partition coefficient (Wildman–Crippen LogP) is 4.70. The highest BCUT2D eigenvalue weighted by Crippen LogP contribution is 2.36. The zero-order chi connectivity index (χ0) is 10.9. The molecule has 0 aromatic heterocycles. The molecular formula is C11H14Br2O. The van der Waals surface area contributed by atoms with E-state index in [4.69, 9.17) is 4.74 Å². The highest BCUT2D eigenvalue weighted by molar-refractivity contribution is 9.11. The second-order valence-corrected chi connectivity index (χ2v) is 5.98. The first-order valence-corrected chi connectivity index (χ1v) is 6.03. The molecule has 0 heterocycles. The van der Waals surface area contributed by atoms with Crippen LogP contribution in [0.2, 0.25) is 0 Å². The van der Waals surface area contributed by atoms with Gasteiger partial charge in [-0.1, -0.05) is 0 Å². The van der Waals surface area contributed by atoms with Crippen molar-refractivity contribution in [3.63, 3.8) is 0 Å². The van der Waals surface area contributed by atoms with Gasteiger partial charge in [-0.2, -0.15) is 0 Å². The van der Waals surface area contributed by atoms with E-state index in [0.29, 0.717) is 0 Å². The third-order valence-corrected chi connectivity index (χ3v) is 2.73. The molecule has 78 valence electrons. The molecule has 1 aromatic rings. The normalized spacial score (nSPS) is 11.6. The Kier molecular flexibility index (Phi) is 3.64. The number of hydrogen-bond acceptors (Lipinski definition) is 1. The molecule has 0 aliphatic rings. The largest absolute Gasteiger partial charge is 0.486 e. The van der Waals surface area contributed by atoms with Crippen molar-refractivity contribution in [2.75, 3.05) is 0 Å². The van der Waals surface area contributed by atoms with Gasteiger partial charge in [-0.05, 0) is 77.3 Å². The molecule has 1 rings (SSSR count). The average Bonchev–Trinajstić information content (AvgIpc) is 1.95. The highest BCUT2D eigenvalue weighted by atomic mass is 79.9. The molecule has 0 atom stereocenters. The van der Waals surface area contributed by atoms with E-state index in [1.165, 1.54) is 5.56 Å². The van der Waals surface area contributed by atoms with E-state index in [9.17, 15) is 0 Å². The van der Waals surface area contributed by atoms with E-state index in [-0.39, 0.29) is 5.60 Å². The van der Waals surface area contributed by atoms with E-state index < -0.39 is 0 Å². The number of rotatable bonds is 1. The maximum Gasteiger partial charge on any atom is 0.148 e. The molecule has 0 radical (unpaired) electrons. The average molecular weight is 322 g/mol. The zero-order valence-corrected chi connectivity index (χ0v) is 12.0. The topological polar surface area (TPSA) is 9.23 Å². The summed E-state index contributed by atoms with van der Waals surface area (Å²) in [5.41, 5.74) is 1.02. The summed E-state index contributed by atoms with van der Waals surface area (Å²) in [6, 6.07) is 4.09. The Hall–Kier alpha value is -0.0200. The molecule has 1 aromatic carbocycles. The van der Waals surface area contributed by atoms with Crippen LogP contribution in [0.15, 0.2) is 21.1 Å². The summed E-state index contributed by atoms with van der Waals surface area (Å²) in [5.74, 6) is 0.864. The monoisotopic (exact) mass is 320 g/mol. The lowest BCUT2D eigenvalue weighted by molar-refractivity contribution is 0.128. The summed E-state index contributed by atoms with van der Waals surface area (Å²) in [4.78, 5) is 0. The van der Waals surface area contributed by atoms with Gasteiger partial charge in [-0.15, -0.1) is 0 Å². The molecule has 0 spiro atoms. The van der Waals surface area contributed by atoms with Gasteiger partial charge in [0.1, 0.15) is 11.4 Å². The molecule has 0 unspecified atom stereocenters. The van der Waals surface area contributed by atoms with Gasteiger partial charge in [0, 0.05) is 0 Å². The minimum atomic E-state index is -0.180. The Bertz CT molecular complexity index is 317. The molecule has 0 saturated carbocycles. The molecule has 0 fully saturated rings. The molecule has 0 N–H and O–H groups in total. The minimum absolute atomic E-state index is 0.180. The van der Waals surface area contributed by atoms with Gasteiger partial charge in [0.2, 0.25) is 0 Å². The summed E-state index contributed by atoms with van der Waals surface area (Å²) < 4.78 is 7.80. The maximum absolute atomic E-state index is 5.82. The first-order valence-electron chi connectivity index (χ1n) is 4.44. The molecule has 3 heteroatoms. The fourth-order valence-electron chi connectivity index (χ4n) is 1.09. The van der Waals surface area contributed by atoms with E-state index in [1.54, 1.807) is 0 Å². The van der Waals surface area contributed by atoms with Crippen molar-refractivity contribution in [2.45, 2.75) is 33.3 Å². The van der Waals surface area contributed by atoms with Gasteiger partial charge in [0.15, 0.2) is 0 Å². The molecule has 1 nitrogen and oxygen atoms in total. The molecule has 14 heavy (non-hydrogen) atoms. The van der Waals surface area contributed by atoms with E-state index in [2.05, 4.69) is 38.8 Å².